The first-order valence-corrected chi connectivity index (χ1v) is 6.42. The summed E-state index contributed by atoms with van der Waals surface area (Å²) in [5.41, 5.74) is 2.65. The molecule has 1 heterocycles. The van der Waals surface area contributed by atoms with Crippen molar-refractivity contribution in [2.24, 2.45) is 0 Å². The molecule has 0 aliphatic carbocycles. The summed E-state index contributed by atoms with van der Waals surface area (Å²) in [6.07, 6.45) is 1.68. The van der Waals surface area contributed by atoms with Crippen molar-refractivity contribution in [2.45, 2.75) is 13.5 Å². The van der Waals surface area contributed by atoms with E-state index in [1.54, 1.807) is 36.5 Å². The van der Waals surface area contributed by atoms with Gasteiger partial charge in [0.25, 0.3) is 0 Å². The Morgan fingerprint density at radius 1 is 1.33 bits per heavy atom. The molecule has 0 fully saturated rings. The van der Waals surface area contributed by atoms with Crippen LogP contribution >= 0.6 is 0 Å². The van der Waals surface area contributed by atoms with Crippen molar-refractivity contribution in [1.82, 2.24) is 4.98 Å². The summed E-state index contributed by atoms with van der Waals surface area (Å²) in [4.78, 5) is 17.0. The van der Waals surface area contributed by atoms with Crippen molar-refractivity contribution in [2.75, 3.05) is 11.9 Å². The molecular weight excluding hydrogens is 266 g/mol. The summed E-state index contributed by atoms with van der Waals surface area (Å²) in [5.74, 6) is -0.318. The molecule has 21 heavy (non-hydrogen) atoms. The Kier molecular flexibility index (Phi) is 4.19. The van der Waals surface area contributed by atoms with Crippen LogP contribution in [0.15, 0.2) is 36.5 Å². The lowest BCUT2D eigenvalue weighted by Crippen LogP contribution is -2.19. The number of aryl methyl sites for hydroxylation is 1. The quantitative estimate of drug-likeness (QED) is 0.932. The third kappa shape index (κ3) is 3.18. The molecule has 5 nitrogen and oxygen atoms in total. The summed E-state index contributed by atoms with van der Waals surface area (Å²) in [5, 5.41) is 18.1. The second-order valence-electron chi connectivity index (χ2n) is 4.80. The van der Waals surface area contributed by atoms with E-state index in [-0.39, 0.29) is 5.56 Å². The molecule has 106 valence electrons. The minimum absolute atomic E-state index is 0.257. The van der Waals surface area contributed by atoms with Crippen LogP contribution in [0, 0.1) is 18.3 Å². The van der Waals surface area contributed by atoms with E-state index in [0.717, 1.165) is 11.1 Å². The lowest BCUT2D eigenvalue weighted by molar-refractivity contribution is 0.0697. The first-order chi connectivity index (χ1) is 10.0. The van der Waals surface area contributed by atoms with Crippen molar-refractivity contribution in [3.05, 3.63) is 58.8 Å². The molecule has 0 saturated heterocycles. The number of carbonyl (C=O) groups is 1. The highest BCUT2D eigenvalue weighted by Crippen LogP contribution is 2.20. The van der Waals surface area contributed by atoms with Crippen molar-refractivity contribution in [3.8, 4) is 6.07 Å². The Hall–Kier alpha value is -2.87. The van der Waals surface area contributed by atoms with Gasteiger partial charge >= 0.3 is 5.97 Å². The first kappa shape index (κ1) is 14.5. The minimum Gasteiger partial charge on any atom is -0.478 e. The predicted octanol–water partition coefficient (Wildman–Crippen LogP) is 2.60. The van der Waals surface area contributed by atoms with Gasteiger partial charge in [-0.3, -0.25) is 0 Å². The molecule has 0 amide bonds. The molecule has 0 radical (unpaired) electrons. The zero-order valence-electron chi connectivity index (χ0n) is 11.9. The molecule has 5 heteroatoms. The number of aromatic nitrogens is 1. The molecular formula is C16H15N3O2. The van der Waals surface area contributed by atoms with E-state index in [0.29, 0.717) is 17.9 Å². The summed E-state index contributed by atoms with van der Waals surface area (Å²) >= 11 is 0. The topological polar surface area (TPSA) is 77.2 Å². The Bertz CT molecular complexity index is 702. The van der Waals surface area contributed by atoms with E-state index < -0.39 is 5.97 Å². The number of benzene rings is 1. The third-order valence-corrected chi connectivity index (χ3v) is 3.23. The van der Waals surface area contributed by atoms with Crippen LogP contribution in [0.25, 0.3) is 0 Å². The van der Waals surface area contributed by atoms with E-state index in [1.807, 2.05) is 18.9 Å². The van der Waals surface area contributed by atoms with Gasteiger partial charge < -0.3 is 10.0 Å². The Balaban J connectivity index is 2.22. The number of carboxylic acids is 1. The van der Waals surface area contributed by atoms with Gasteiger partial charge in [-0.25, -0.2) is 9.78 Å². The van der Waals surface area contributed by atoms with Gasteiger partial charge in [0, 0.05) is 19.8 Å². The molecule has 0 atom stereocenters. The summed E-state index contributed by atoms with van der Waals surface area (Å²) in [6, 6.07) is 10.6. The predicted molar refractivity (Wildman–Crippen MR) is 79.2 cm³/mol. The monoisotopic (exact) mass is 281 g/mol. The fourth-order valence-corrected chi connectivity index (χ4v) is 2.07. The molecule has 0 unspecified atom stereocenters. The van der Waals surface area contributed by atoms with Crippen LogP contribution in [-0.2, 0) is 6.54 Å². The zero-order chi connectivity index (χ0) is 15.4. The van der Waals surface area contributed by atoms with Gasteiger partial charge in [0.2, 0.25) is 0 Å². The highest BCUT2D eigenvalue weighted by molar-refractivity contribution is 5.87. The highest BCUT2D eigenvalue weighted by atomic mass is 16.4. The average Bonchev–Trinajstić information content (AvgIpc) is 2.47. The third-order valence-electron chi connectivity index (χ3n) is 3.23. The average molecular weight is 281 g/mol. The summed E-state index contributed by atoms with van der Waals surface area (Å²) in [7, 11) is 1.85. The number of carboxylic acid groups (broad SMARTS) is 1. The van der Waals surface area contributed by atoms with Crippen LogP contribution < -0.4 is 4.90 Å². The van der Waals surface area contributed by atoms with Gasteiger partial charge in [-0.15, -0.1) is 0 Å². The Labute approximate surface area is 123 Å². The Morgan fingerprint density at radius 3 is 2.57 bits per heavy atom. The molecule has 2 aromatic rings. The maximum absolute atomic E-state index is 10.8. The van der Waals surface area contributed by atoms with E-state index in [1.165, 1.54) is 0 Å². The number of hydrogen-bond donors (Lipinski definition) is 1. The second-order valence-corrected chi connectivity index (χ2v) is 4.80. The number of nitrogens with zero attached hydrogens (tertiary/aromatic N) is 3. The lowest BCUT2D eigenvalue weighted by atomic mass is 10.1. The molecule has 1 aromatic carbocycles. The van der Waals surface area contributed by atoms with Gasteiger partial charge in [0.1, 0.15) is 11.9 Å². The number of rotatable bonds is 4. The van der Waals surface area contributed by atoms with Crippen LogP contribution in [0.3, 0.4) is 0 Å². The lowest BCUT2D eigenvalue weighted by Gasteiger charge is -2.20. The standard InChI is InChI=1S/C16H15N3O2/c1-11-7-8-18-15(14(11)9-17)19(2)10-12-3-5-13(6-4-12)16(20)21/h3-8H,10H2,1-2H3,(H,20,21). The van der Waals surface area contributed by atoms with E-state index >= 15 is 0 Å². The number of anilines is 1. The van der Waals surface area contributed by atoms with Crippen molar-refractivity contribution >= 4 is 11.8 Å². The number of pyridine rings is 1. The zero-order valence-corrected chi connectivity index (χ0v) is 11.9. The second kappa shape index (κ2) is 6.06. The van der Waals surface area contributed by atoms with E-state index in [9.17, 15) is 10.1 Å². The van der Waals surface area contributed by atoms with Crippen LogP contribution in [-0.4, -0.2) is 23.1 Å². The first-order valence-electron chi connectivity index (χ1n) is 6.42. The summed E-state index contributed by atoms with van der Waals surface area (Å²) < 4.78 is 0. The van der Waals surface area contributed by atoms with Crippen LogP contribution in [0.2, 0.25) is 0 Å². The van der Waals surface area contributed by atoms with Gasteiger partial charge in [0.15, 0.2) is 0 Å². The fourth-order valence-electron chi connectivity index (χ4n) is 2.07. The SMILES string of the molecule is Cc1ccnc(N(C)Cc2ccc(C(=O)O)cc2)c1C#N. The van der Waals surface area contributed by atoms with Crippen molar-refractivity contribution in [3.63, 3.8) is 0 Å². The van der Waals surface area contributed by atoms with Gasteiger partial charge in [-0.2, -0.15) is 5.26 Å². The largest absolute Gasteiger partial charge is 0.478 e. The van der Waals surface area contributed by atoms with Crippen molar-refractivity contribution < 1.29 is 9.90 Å². The fraction of sp³-hybridized carbons (Fsp3) is 0.188. The number of hydrogen-bond acceptors (Lipinski definition) is 4. The van der Waals surface area contributed by atoms with Gasteiger partial charge in [0.05, 0.1) is 11.1 Å². The highest BCUT2D eigenvalue weighted by Gasteiger charge is 2.12. The molecule has 1 N–H and O–H groups in total. The molecule has 0 spiro atoms. The number of aromatic carboxylic acids is 1. The molecule has 0 bridgehead atoms. The van der Waals surface area contributed by atoms with Crippen LogP contribution in [0.1, 0.15) is 27.0 Å². The molecule has 2 rings (SSSR count). The van der Waals surface area contributed by atoms with Crippen LogP contribution in [0.5, 0.6) is 0 Å². The molecule has 0 aliphatic rings. The van der Waals surface area contributed by atoms with E-state index in [2.05, 4.69) is 11.1 Å². The van der Waals surface area contributed by atoms with E-state index in [4.69, 9.17) is 5.11 Å². The smallest absolute Gasteiger partial charge is 0.335 e. The van der Waals surface area contributed by atoms with Crippen LogP contribution in [0.4, 0.5) is 5.82 Å². The van der Waals surface area contributed by atoms with Gasteiger partial charge in [-0.1, -0.05) is 12.1 Å². The number of nitriles is 1. The maximum atomic E-state index is 10.8. The molecule has 0 saturated carbocycles. The molecule has 1 aromatic heterocycles. The Morgan fingerprint density at radius 2 is 2.00 bits per heavy atom. The normalized spacial score (nSPS) is 9.95. The van der Waals surface area contributed by atoms with Gasteiger partial charge in [-0.05, 0) is 36.2 Å². The summed E-state index contributed by atoms with van der Waals surface area (Å²) in [6.45, 7) is 2.42. The molecule has 0 aliphatic heterocycles. The van der Waals surface area contributed by atoms with Crippen molar-refractivity contribution in [1.29, 1.82) is 5.26 Å². The maximum Gasteiger partial charge on any atom is 0.335 e. The minimum atomic E-state index is -0.943.